The molecule has 0 heterocycles. The number of carbonyl (C=O) groups excluding carboxylic acids is 1. The van der Waals surface area contributed by atoms with Gasteiger partial charge in [-0.25, -0.2) is 9.59 Å². The van der Waals surface area contributed by atoms with E-state index in [1.807, 2.05) is 12.1 Å². The number of halogens is 3. The average molecular weight is 329 g/mol. The number of benzene rings is 1. The van der Waals surface area contributed by atoms with E-state index in [0.29, 0.717) is 12.3 Å². The van der Waals surface area contributed by atoms with Crippen molar-refractivity contribution < 1.29 is 32.6 Å². The van der Waals surface area contributed by atoms with Crippen LogP contribution in [0.2, 0.25) is 0 Å². The first-order chi connectivity index (χ1) is 10.7. The van der Waals surface area contributed by atoms with Gasteiger partial charge in [-0.05, 0) is 31.2 Å². The molecule has 1 rings (SSSR count). The van der Waals surface area contributed by atoms with Crippen LogP contribution < -0.4 is 5.73 Å². The van der Waals surface area contributed by atoms with Crippen molar-refractivity contribution in [3.8, 4) is 11.8 Å². The van der Waals surface area contributed by atoms with Crippen LogP contribution in [0.5, 0.6) is 0 Å². The number of carboxylic acid groups (broad SMARTS) is 1. The molecule has 1 aromatic carbocycles. The molecule has 0 aliphatic carbocycles. The minimum absolute atomic E-state index is 0.367. The zero-order chi connectivity index (χ0) is 17.9. The smallest absolute Gasteiger partial charge is 0.475 e. The number of carbonyl (C=O) groups is 2. The topological polar surface area (TPSA) is 89.6 Å². The molecule has 3 N–H and O–H groups in total. The van der Waals surface area contributed by atoms with E-state index in [-0.39, 0.29) is 5.97 Å². The van der Waals surface area contributed by atoms with E-state index in [1.165, 1.54) is 12.2 Å². The summed E-state index contributed by atoms with van der Waals surface area (Å²) in [6.07, 6.45) is -2.33. The summed E-state index contributed by atoms with van der Waals surface area (Å²) < 4.78 is 36.4. The molecule has 0 atom stereocenters. The Kier molecular flexibility index (Phi) is 8.62. The molecule has 23 heavy (non-hydrogen) atoms. The largest absolute Gasteiger partial charge is 0.490 e. The fraction of sp³-hybridized carbons (Fsp3) is 0.200. The first-order valence-electron chi connectivity index (χ1n) is 6.17. The van der Waals surface area contributed by atoms with Gasteiger partial charge >= 0.3 is 18.1 Å². The van der Waals surface area contributed by atoms with Crippen molar-refractivity contribution in [3.63, 3.8) is 0 Å². The number of allylic oxidation sites excluding steroid dienone is 1. The van der Waals surface area contributed by atoms with E-state index in [1.54, 1.807) is 19.1 Å². The van der Waals surface area contributed by atoms with Crippen LogP contribution in [-0.4, -0.2) is 29.8 Å². The summed E-state index contributed by atoms with van der Waals surface area (Å²) in [5.74, 6) is 2.45. The molecule has 0 fully saturated rings. The monoisotopic (exact) mass is 329 g/mol. The molecule has 124 valence electrons. The quantitative estimate of drug-likeness (QED) is 0.376. The van der Waals surface area contributed by atoms with Crippen molar-refractivity contribution in [2.75, 3.05) is 12.3 Å². The number of rotatable bonds is 2. The fourth-order valence-electron chi connectivity index (χ4n) is 1.04. The Balaban J connectivity index is 0.000000585. The van der Waals surface area contributed by atoms with Gasteiger partial charge in [-0.1, -0.05) is 17.9 Å². The molecule has 8 heteroatoms. The van der Waals surface area contributed by atoms with Crippen LogP contribution in [0.3, 0.4) is 0 Å². The van der Waals surface area contributed by atoms with E-state index in [9.17, 15) is 18.0 Å². The van der Waals surface area contributed by atoms with Gasteiger partial charge in [0.1, 0.15) is 0 Å². The number of ether oxygens (including phenoxy) is 1. The van der Waals surface area contributed by atoms with Crippen LogP contribution in [0.25, 0.3) is 0 Å². The maximum absolute atomic E-state index is 10.9. The van der Waals surface area contributed by atoms with Crippen molar-refractivity contribution >= 4 is 17.6 Å². The average Bonchev–Trinajstić information content (AvgIpc) is 2.44. The van der Waals surface area contributed by atoms with Gasteiger partial charge in [-0.2, -0.15) is 13.2 Å². The number of alkyl halides is 3. The van der Waals surface area contributed by atoms with Crippen molar-refractivity contribution in [3.05, 3.63) is 42.0 Å². The first kappa shape index (κ1) is 20.1. The molecule has 0 bridgehead atoms. The number of aliphatic carboxylic acids is 1. The Morgan fingerprint density at radius 1 is 1.39 bits per heavy atom. The van der Waals surface area contributed by atoms with Gasteiger partial charge in [0, 0.05) is 17.3 Å². The van der Waals surface area contributed by atoms with Crippen molar-refractivity contribution in [1.82, 2.24) is 0 Å². The third-order valence-electron chi connectivity index (χ3n) is 1.93. The summed E-state index contributed by atoms with van der Waals surface area (Å²) in [6.45, 7) is 2.12. The van der Waals surface area contributed by atoms with Gasteiger partial charge in [-0.3, -0.25) is 0 Å². The normalized spacial score (nSPS) is 10.1. The Bertz CT molecular complexity index is 628. The van der Waals surface area contributed by atoms with Gasteiger partial charge in [0.2, 0.25) is 0 Å². The second-order valence-electron chi connectivity index (χ2n) is 3.78. The van der Waals surface area contributed by atoms with Crippen LogP contribution in [0.4, 0.5) is 18.9 Å². The van der Waals surface area contributed by atoms with Crippen LogP contribution in [-0.2, 0) is 14.3 Å². The van der Waals surface area contributed by atoms with E-state index < -0.39 is 12.1 Å². The first-order valence-corrected chi connectivity index (χ1v) is 6.17. The molecule has 1 aromatic rings. The molecule has 0 aromatic heterocycles. The maximum atomic E-state index is 10.9. The Morgan fingerprint density at radius 3 is 2.48 bits per heavy atom. The lowest BCUT2D eigenvalue weighted by Crippen LogP contribution is -2.21. The predicted molar refractivity (Wildman–Crippen MR) is 77.2 cm³/mol. The standard InChI is InChI=1S/C13H13NO2.C2HF3O2/c1-2-16-13(15)9-4-3-6-11-7-5-8-12(14)10-11;3-2(4,5)1(6)7/h4-5,7-10H,2,14H2,1H3;(H,6,7). The van der Waals surface area contributed by atoms with Gasteiger partial charge in [0.15, 0.2) is 0 Å². The zero-order valence-corrected chi connectivity index (χ0v) is 12.1. The summed E-state index contributed by atoms with van der Waals surface area (Å²) in [5.41, 5.74) is 7.07. The predicted octanol–water partition coefficient (Wildman–Crippen LogP) is 2.37. The molecule has 0 unspecified atom stereocenters. The number of anilines is 1. The lowest BCUT2D eigenvalue weighted by molar-refractivity contribution is -0.192. The molecule has 0 saturated heterocycles. The third kappa shape index (κ3) is 10.4. The van der Waals surface area contributed by atoms with Crippen LogP contribution in [0.1, 0.15) is 12.5 Å². The maximum Gasteiger partial charge on any atom is 0.490 e. The molecule has 0 aliphatic rings. The van der Waals surface area contributed by atoms with Gasteiger partial charge in [0.05, 0.1) is 6.61 Å². The summed E-state index contributed by atoms with van der Waals surface area (Å²) in [4.78, 5) is 19.8. The molecule has 0 saturated carbocycles. The molecule has 0 amide bonds. The van der Waals surface area contributed by atoms with Gasteiger partial charge in [-0.15, -0.1) is 0 Å². The Morgan fingerprint density at radius 2 is 2.00 bits per heavy atom. The highest BCUT2D eigenvalue weighted by molar-refractivity contribution is 5.82. The number of hydrogen-bond donors (Lipinski definition) is 2. The minimum Gasteiger partial charge on any atom is -0.475 e. The number of esters is 1. The highest BCUT2D eigenvalue weighted by Crippen LogP contribution is 2.13. The van der Waals surface area contributed by atoms with Crippen molar-refractivity contribution in [1.29, 1.82) is 0 Å². The zero-order valence-electron chi connectivity index (χ0n) is 12.1. The lowest BCUT2D eigenvalue weighted by atomic mass is 10.2. The van der Waals surface area contributed by atoms with E-state index in [0.717, 1.165) is 5.56 Å². The van der Waals surface area contributed by atoms with E-state index in [4.69, 9.17) is 20.4 Å². The number of carboxylic acids is 1. The number of nitrogen functional groups attached to an aromatic ring is 1. The summed E-state index contributed by atoms with van der Waals surface area (Å²) in [6, 6.07) is 7.24. The molecule has 0 aliphatic heterocycles. The van der Waals surface area contributed by atoms with E-state index in [2.05, 4.69) is 11.8 Å². The van der Waals surface area contributed by atoms with Crippen LogP contribution in [0, 0.1) is 11.8 Å². The molecular formula is C15H14F3NO4. The van der Waals surface area contributed by atoms with E-state index >= 15 is 0 Å². The Hall–Kier alpha value is -2.95. The molecule has 5 nitrogen and oxygen atoms in total. The van der Waals surface area contributed by atoms with Crippen LogP contribution >= 0.6 is 0 Å². The summed E-state index contributed by atoms with van der Waals surface area (Å²) >= 11 is 0. The summed E-state index contributed by atoms with van der Waals surface area (Å²) in [7, 11) is 0. The fourth-order valence-corrected chi connectivity index (χ4v) is 1.04. The lowest BCUT2D eigenvalue weighted by Gasteiger charge is -1.93. The Labute approximate surface area is 130 Å². The van der Waals surface area contributed by atoms with Crippen molar-refractivity contribution in [2.45, 2.75) is 13.1 Å². The summed E-state index contributed by atoms with van der Waals surface area (Å²) in [5, 5.41) is 7.12. The number of nitrogens with two attached hydrogens (primary N) is 1. The minimum atomic E-state index is -5.08. The van der Waals surface area contributed by atoms with Crippen molar-refractivity contribution in [2.24, 2.45) is 0 Å². The SMILES string of the molecule is CCOC(=O)C=CC#Cc1cccc(N)c1.O=C(O)C(F)(F)F. The van der Waals surface area contributed by atoms with Gasteiger partial charge in [0.25, 0.3) is 0 Å². The van der Waals surface area contributed by atoms with Gasteiger partial charge < -0.3 is 15.6 Å². The second-order valence-corrected chi connectivity index (χ2v) is 3.78. The third-order valence-corrected chi connectivity index (χ3v) is 1.93. The van der Waals surface area contributed by atoms with Crippen LogP contribution in [0.15, 0.2) is 36.4 Å². The highest BCUT2D eigenvalue weighted by atomic mass is 19.4. The molecular weight excluding hydrogens is 315 g/mol. The molecule has 0 spiro atoms. The molecule has 0 radical (unpaired) electrons. The highest BCUT2D eigenvalue weighted by Gasteiger charge is 2.38. The second kappa shape index (κ2) is 9.89. The number of hydrogen-bond acceptors (Lipinski definition) is 4.